The van der Waals surface area contributed by atoms with Crippen molar-refractivity contribution in [3.05, 3.63) is 64.1 Å². The van der Waals surface area contributed by atoms with Crippen molar-refractivity contribution in [2.24, 2.45) is 0 Å². The Morgan fingerprint density at radius 1 is 0.806 bits per heavy atom. The van der Waals surface area contributed by atoms with Gasteiger partial charge in [0.25, 0.3) is 11.8 Å². The van der Waals surface area contributed by atoms with Crippen LogP contribution in [-0.2, 0) is 0 Å². The normalized spacial score (nSPS) is 10.7. The average Bonchev–Trinajstić information content (AvgIpc) is 2.78. The minimum Gasteiger partial charge on any atom is -0.339 e. The average molecular weight is 487 g/mol. The topological polar surface area (TPSA) is 49.4 Å². The highest BCUT2D eigenvalue weighted by atomic mass is 79.9. The number of halogens is 1. The Labute approximate surface area is 195 Å². The molecule has 31 heavy (non-hydrogen) atoms. The van der Waals surface area contributed by atoms with E-state index in [1.807, 2.05) is 29.2 Å². The van der Waals surface area contributed by atoms with Crippen molar-refractivity contribution in [3.63, 3.8) is 0 Å². The van der Waals surface area contributed by atoms with E-state index < -0.39 is 0 Å². The maximum Gasteiger partial charge on any atom is 0.255 e. The van der Waals surface area contributed by atoms with Crippen LogP contribution in [0, 0.1) is 0 Å². The molecule has 0 atom stereocenters. The van der Waals surface area contributed by atoms with Gasteiger partial charge in [-0.1, -0.05) is 74.4 Å². The Morgan fingerprint density at radius 2 is 1.42 bits per heavy atom. The molecule has 168 valence electrons. The SMILES string of the molecule is CCCCCCN(CCCCCC)C(=O)c1ccc(NC(=O)c2cccc(Br)c2)cc1. The van der Waals surface area contributed by atoms with Crippen molar-refractivity contribution in [3.8, 4) is 0 Å². The Hall–Kier alpha value is -2.14. The molecule has 2 aromatic carbocycles. The first-order valence-electron chi connectivity index (χ1n) is 11.5. The second kappa shape index (κ2) is 14.0. The highest BCUT2D eigenvalue weighted by Gasteiger charge is 2.15. The lowest BCUT2D eigenvalue weighted by molar-refractivity contribution is 0.0749. The summed E-state index contributed by atoms with van der Waals surface area (Å²) in [4.78, 5) is 27.5. The van der Waals surface area contributed by atoms with Gasteiger partial charge in [0.05, 0.1) is 0 Å². The van der Waals surface area contributed by atoms with E-state index in [0.29, 0.717) is 16.8 Å². The summed E-state index contributed by atoms with van der Waals surface area (Å²) in [7, 11) is 0. The van der Waals surface area contributed by atoms with E-state index in [1.165, 1.54) is 25.7 Å². The number of hydrogen-bond donors (Lipinski definition) is 1. The van der Waals surface area contributed by atoms with Gasteiger partial charge in [-0.15, -0.1) is 0 Å². The zero-order valence-electron chi connectivity index (χ0n) is 18.8. The molecule has 2 aromatic rings. The van der Waals surface area contributed by atoms with Crippen molar-refractivity contribution < 1.29 is 9.59 Å². The van der Waals surface area contributed by atoms with Gasteiger partial charge in [-0.05, 0) is 55.3 Å². The molecule has 0 heterocycles. The first kappa shape index (κ1) is 25.1. The molecule has 0 aromatic heterocycles. The lowest BCUT2D eigenvalue weighted by Crippen LogP contribution is -2.33. The number of hydrogen-bond acceptors (Lipinski definition) is 2. The molecule has 5 heteroatoms. The fourth-order valence-electron chi connectivity index (χ4n) is 3.49. The molecule has 0 bridgehead atoms. The number of nitrogens with one attached hydrogen (secondary N) is 1. The van der Waals surface area contributed by atoms with Crippen molar-refractivity contribution in [2.75, 3.05) is 18.4 Å². The first-order valence-corrected chi connectivity index (χ1v) is 12.3. The van der Waals surface area contributed by atoms with Crippen molar-refractivity contribution >= 4 is 33.4 Å². The molecule has 2 amide bonds. The van der Waals surface area contributed by atoms with Crippen LogP contribution in [0.2, 0.25) is 0 Å². The van der Waals surface area contributed by atoms with E-state index in [9.17, 15) is 9.59 Å². The van der Waals surface area contributed by atoms with Gasteiger partial charge in [0.1, 0.15) is 0 Å². The Morgan fingerprint density at radius 3 is 1.97 bits per heavy atom. The Balaban J connectivity index is 1.99. The fraction of sp³-hybridized carbons (Fsp3) is 0.462. The van der Waals surface area contributed by atoms with E-state index >= 15 is 0 Å². The number of unbranched alkanes of at least 4 members (excludes halogenated alkanes) is 6. The highest BCUT2D eigenvalue weighted by Crippen LogP contribution is 2.16. The van der Waals surface area contributed by atoms with Crippen LogP contribution < -0.4 is 5.32 Å². The molecule has 0 saturated heterocycles. The van der Waals surface area contributed by atoms with Crippen molar-refractivity contribution in [1.29, 1.82) is 0 Å². The smallest absolute Gasteiger partial charge is 0.255 e. The summed E-state index contributed by atoms with van der Waals surface area (Å²) >= 11 is 3.39. The maximum atomic E-state index is 13.1. The van der Waals surface area contributed by atoms with E-state index in [-0.39, 0.29) is 11.8 Å². The number of carbonyl (C=O) groups excluding carboxylic acids is 2. The molecule has 2 rings (SSSR count). The van der Waals surface area contributed by atoms with Gasteiger partial charge < -0.3 is 10.2 Å². The maximum absolute atomic E-state index is 13.1. The highest BCUT2D eigenvalue weighted by molar-refractivity contribution is 9.10. The number of amides is 2. The number of carbonyl (C=O) groups is 2. The molecular formula is C26H35BrN2O2. The van der Waals surface area contributed by atoms with Gasteiger partial charge in [-0.2, -0.15) is 0 Å². The van der Waals surface area contributed by atoms with Crippen LogP contribution in [0.3, 0.4) is 0 Å². The van der Waals surface area contributed by atoms with Crippen LogP contribution in [0.15, 0.2) is 53.0 Å². The summed E-state index contributed by atoms with van der Waals surface area (Å²) in [5.41, 5.74) is 1.94. The van der Waals surface area contributed by atoms with Gasteiger partial charge in [0.15, 0.2) is 0 Å². The predicted octanol–water partition coefficient (Wildman–Crippen LogP) is 7.30. The second-order valence-electron chi connectivity index (χ2n) is 7.96. The molecule has 0 aliphatic carbocycles. The fourth-order valence-corrected chi connectivity index (χ4v) is 3.88. The largest absolute Gasteiger partial charge is 0.339 e. The van der Waals surface area contributed by atoms with Crippen LogP contribution in [0.4, 0.5) is 5.69 Å². The lowest BCUT2D eigenvalue weighted by Gasteiger charge is -2.23. The molecule has 0 radical (unpaired) electrons. The lowest BCUT2D eigenvalue weighted by atomic mass is 10.1. The van der Waals surface area contributed by atoms with Crippen LogP contribution in [0.5, 0.6) is 0 Å². The van der Waals surface area contributed by atoms with Crippen molar-refractivity contribution in [2.45, 2.75) is 65.2 Å². The molecule has 0 aliphatic heterocycles. The van der Waals surface area contributed by atoms with Crippen molar-refractivity contribution in [1.82, 2.24) is 4.90 Å². The number of nitrogens with zero attached hydrogens (tertiary/aromatic N) is 1. The van der Waals surface area contributed by atoms with E-state index in [2.05, 4.69) is 35.1 Å². The first-order chi connectivity index (χ1) is 15.0. The molecule has 0 spiro atoms. The minimum absolute atomic E-state index is 0.0814. The predicted molar refractivity (Wildman–Crippen MR) is 133 cm³/mol. The Bertz CT molecular complexity index is 808. The van der Waals surface area contributed by atoms with Crippen LogP contribution in [0.1, 0.15) is 85.9 Å². The van der Waals surface area contributed by atoms with E-state index in [4.69, 9.17) is 0 Å². The molecular weight excluding hydrogens is 452 g/mol. The van der Waals surface area contributed by atoms with Gasteiger partial charge in [0, 0.05) is 34.4 Å². The van der Waals surface area contributed by atoms with Gasteiger partial charge in [0.2, 0.25) is 0 Å². The zero-order valence-corrected chi connectivity index (χ0v) is 20.4. The molecule has 0 unspecified atom stereocenters. The van der Waals surface area contributed by atoms with Crippen LogP contribution >= 0.6 is 15.9 Å². The van der Waals surface area contributed by atoms with Gasteiger partial charge in [-0.3, -0.25) is 9.59 Å². The number of benzene rings is 2. The zero-order chi connectivity index (χ0) is 22.5. The number of rotatable bonds is 13. The van der Waals surface area contributed by atoms with Gasteiger partial charge in [-0.25, -0.2) is 0 Å². The third-order valence-corrected chi connectivity index (χ3v) is 5.82. The summed E-state index contributed by atoms with van der Waals surface area (Å²) in [6, 6.07) is 14.5. The minimum atomic E-state index is -0.172. The Kier molecular flexibility index (Phi) is 11.4. The number of anilines is 1. The summed E-state index contributed by atoms with van der Waals surface area (Å²) in [6.07, 6.45) is 9.23. The second-order valence-corrected chi connectivity index (χ2v) is 8.87. The summed E-state index contributed by atoms with van der Waals surface area (Å²) in [5.74, 6) is -0.0910. The molecule has 1 N–H and O–H groups in total. The van der Waals surface area contributed by atoms with E-state index in [0.717, 1.165) is 43.2 Å². The van der Waals surface area contributed by atoms with Gasteiger partial charge >= 0.3 is 0 Å². The molecule has 4 nitrogen and oxygen atoms in total. The molecule has 0 saturated carbocycles. The van der Waals surface area contributed by atoms with Crippen LogP contribution in [0.25, 0.3) is 0 Å². The molecule has 0 fully saturated rings. The third-order valence-electron chi connectivity index (χ3n) is 5.33. The summed E-state index contributed by atoms with van der Waals surface area (Å²) in [6.45, 7) is 6.02. The summed E-state index contributed by atoms with van der Waals surface area (Å²) in [5, 5.41) is 2.89. The summed E-state index contributed by atoms with van der Waals surface area (Å²) < 4.78 is 0.860. The van der Waals surface area contributed by atoms with Crippen LogP contribution in [-0.4, -0.2) is 29.8 Å². The quantitative estimate of drug-likeness (QED) is 0.301. The monoisotopic (exact) mass is 486 g/mol. The van der Waals surface area contributed by atoms with E-state index in [1.54, 1.807) is 24.3 Å². The standard InChI is InChI=1S/C26H35BrN2O2/c1-3-5-7-9-18-29(19-10-8-6-4-2)26(31)21-14-16-24(17-15-21)28-25(30)22-12-11-13-23(27)20-22/h11-17,20H,3-10,18-19H2,1-2H3,(H,28,30). The third kappa shape index (κ3) is 8.86. The molecule has 0 aliphatic rings.